The molecule has 0 heterocycles. The fourth-order valence-electron chi connectivity index (χ4n) is 1.28. The second-order valence-electron chi connectivity index (χ2n) is 4.54. The summed E-state index contributed by atoms with van der Waals surface area (Å²) in [6, 6.07) is 0.798. The zero-order chi connectivity index (χ0) is 14.8. The van der Waals surface area contributed by atoms with E-state index >= 15 is 0 Å². The second kappa shape index (κ2) is 5.27. The SMILES string of the molecule is CC(C)(CO)NC(=O)c1cc(F)c(F)cc1[N+](=O)[O-]. The number of nitrogens with one attached hydrogen (secondary N) is 1. The number of halogens is 2. The van der Waals surface area contributed by atoms with Crippen LogP contribution in [0.25, 0.3) is 0 Å². The highest BCUT2D eigenvalue weighted by molar-refractivity contribution is 5.98. The molecule has 6 nitrogen and oxygen atoms in total. The molecule has 0 fully saturated rings. The van der Waals surface area contributed by atoms with Gasteiger partial charge in [-0.3, -0.25) is 14.9 Å². The van der Waals surface area contributed by atoms with Gasteiger partial charge in [0.2, 0.25) is 0 Å². The fourth-order valence-corrected chi connectivity index (χ4v) is 1.28. The Labute approximate surface area is 107 Å². The van der Waals surface area contributed by atoms with Gasteiger partial charge in [0.15, 0.2) is 11.6 Å². The van der Waals surface area contributed by atoms with Crippen LogP contribution in [-0.2, 0) is 0 Å². The number of nitrogens with zero attached hydrogens (tertiary/aromatic N) is 1. The van der Waals surface area contributed by atoms with Crippen molar-refractivity contribution in [1.82, 2.24) is 5.32 Å². The molecule has 0 radical (unpaired) electrons. The van der Waals surface area contributed by atoms with E-state index in [9.17, 15) is 23.7 Å². The van der Waals surface area contributed by atoms with Crippen molar-refractivity contribution in [1.29, 1.82) is 0 Å². The maximum atomic E-state index is 13.1. The summed E-state index contributed by atoms with van der Waals surface area (Å²) in [5.41, 5.74) is -2.49. The van der Waals surface area contributed by atoms with Crippen LogP contribution in [0.3, 0.4) is 0 Å². The first kappa shape index (κ1) is 15.0. The Morgan fingerprint density at radius 2 is 1.95 bits per heavy atom. The van der Waals surface area contributed by atoms with Crippen molar-refractivity contribution in [2.45, 2.75) is 19.4 Å². The van der Waals surface area contributed by atoms with E-state index in [-0.39, 0.29) is 0 Å². The van der Waals surface area contributed by atoms with Crippen molar-refractivity contribution < 1.29 is 23.6 Å². The van der Waals surface area contributed by atoms with Crippen LogP contribution in [0, 0.1) is 21.7 Å². The molecular weight excluding hydrogens is 262 g/mol. The lowest BCUT2D eigenvalue weighted by molar-refractivity contribution is -0.385. The predicted octanol–water partition coefficient (Wildman–Crippen LogP) is 1.37. The van der Waals surface area contributed by atoms with Crippen LogP contribution in [0.1, 0.15) is 24.2 Å². The summed E-state index contributed by atoms with van der Waals surface area (Å²) in [6.45, 7) is 2.52. The quantitative estimate of drug-likeness (QED) is 0.640. The first-order chi connectivity index (χ1) is 8.68. The van der Waals surface area contributed by atoms with Gasteiger partial charge < -0.3 is 10.4 Å². The molecule has 0 atom stereocenters. The second-order valence-corrected chi connectivity index (χ2v) is 4.54. The third-order valence-corrected chi connectivity index (χ3v) is 2.33. The Morgan fingerprint density at radius 1 is 1.42 bits per heavy atom. The van der Waals surface area contributed by atoms with Gasteiger partial charge in [0, 0.05) is 0 Å². The van der Waals surface area contributed by atoms with Crippen molar-refractivity contribution in [3.05, 3.63) is 39.4 Å². The zero-order valence-corrected chi connectivity index (χ0v) is 10.2. The van der Waals surface area contributed by atoms with Crippen molar-refractivity contribution in [2.75, 3.05) is 6.61 Å². The molecule has 19 heavy (non-hydrogen) atoms. The number of aliphatic hydroxyl groups excluding tert-OH is 1. The number of nitro groups is 1. The van der Waals surface area contributed by atoms with Gasteiger partial charge in [-0.1, -0.05) is 0 Å². The van der Waals surface area contributed by atoms with Crippen LogP contribution in [0.4, 0.5) is 14.5 Å². The molecular formula is C11H12F2N2O4. The molecule has 0 saturated heterocycles. The van der Waals surface area contributed by atoms with E-state index in [1.807, 2.05) is 0 Å². The highest BCUT2D eigenvalue weighted by Gasteiger charge is 2.27. The van der Waals surface area contributed by atoms with E-state index in [0.717, 1.165) is 0 Å². The summed E-state index contributed by atoms with van der Waals surface area (Å²) in [5.74, 6) is -3.74. The molecule has 0 aliphatic rings. The Morgan fingerprint density at radius 3 is 2.42 bits per heavy atom. The number of hydrogen-bond donors (Lipinski definition) is 2. The normalized spacial score (nSPS) is 11.2. The Hall–Kier alpha value is -2.09. The molecule has 0 bridgehead atoms. The number of nitro benzene ring substituents is 1. The van der Waals surface area contributed by atoms with Gasteiger partial charge >= 0.3 is 0 Å². The number of rotatable bonds is 4. The van der Waals surface area contributed by atoms with Crippen LogP contribution in [0.5, 0.6) is 0 Å². The van der Waals surface area contributed by atoms with E-state index < -0.39 is 45.9 Å². The number of carbonyl (C=O) groups excluding carboxylic acids is 1. The molecule has 1 aromatic rings. The van der Waals surface area contributed by atoms with Crippen LogP contribution in [0.15, 0.2) is 12.1 Å². The van der Waals surface area contributed by atoms with Crippen LogP contribution in [-0.4, -0.2) is 28.1 Å². The molecule has 0 aromatic heterocycles. The number of hydrogen-bond acceptors (Lipinski definition) is 4. The van der Waals surface area contributed by atoms with E-state index in [2.05, 4.69) is 5.32 Å². The monoisotopic (exact) mass is 274 g/mol. The highest BCUT2D eigenvalue weighted by Crippen LogP contribution is 2.22. The van der Waals surface area contributed by atoms with Crippen molar-refractivity contribution in [2.24, 2.45) is 0 Å². The lowest BCUT2D eigenvalue weighted by Gasteiger charge is -2.23. The van der Waals surface area contributed by atoms with E-state index in [1.165, 1.54) is 13.8 Å². The van der Waals surface area contributed by atoms with Gasteiger partial charge in [-0.05, 0) is 19.9 Å². The summed E-state index contributed by atoms with van der Waals surface area (Å²) in [4.78, 5) is 21.5. The summed E-state index contributed by atoms with van der Waals surface area (Å²) < 4.78 is 26.0. The van der Waals surface area contributed by atoms with E-state index in [1.54, 1.807) is 0 Å². The van der Waals surface area contributed by atoms with Gasteiger partial charge in [0.25, 0.3) is 11.6 Å². The van der Waals surface area contributed by atoms with Gasteiger partial charge in [-0.25, -0.2) is 8.78 Å². The molecule has 2 N–H and O–H groups in total. The fraction of sp³-hybridized carbons (Fsp3) is 0.364. The first-order valence-corrected chi connectivity index (χ1v) is 5.25. The van der Waals surface area contributed by atoms with Crippen LogP contribution >= 0.6 is 0 Å². The highest BCUT2D eigenvalue weighted by atomic mass is 19.2. The lowest BCUT2D eigenvalue weighted by atomic mass is 10.1. The van der Waals surface area contributed by atoms with Crippen molar-refractivity contribution in [3.63, 3.8) is 0 Å². The lowest BCUT2D eigenvalue weighted by Crippen LogP contribution is -2.46. The average Bonchev–Trinajstić information content (AvgIpc) is 2.31. The Bertz CT molecular complexity index is 532. The molecule has 0 aliphatic heterocycles. The van der Waals surface area contributed by atoms with Gasteiger partial charge in [0.1, 0.15) is 5.56 Å². The smallest absolute Gasteiger partial charge is 0.285 e. The van der Waals surface area contributed by atoms with Crippen LogP contribution in [0.2, 0.25) is 0 Å². The van der Waals surface area contributed by atoms with Crippen molar-refractivity contribution >= 4 is 11.6 Å². The largest absolute Gasteiger partial charge is 0.394 e. The number of amides is 1. The summed E-state index contributed by atoms with van der Waals surface area (Å²) in [6.07, 6.45) is 0. The number of benzene rings is 1. The summed E-state index contributed by atoms with van der Waals surface area (Å²) >= 11 is 0. The van der Waals surface area contributed by atoms with E-state index in [0.29, 0.717) is 12.1 Å². The summed E-state index contributed by atoms with van der Waals surface area (Å²) in [7, 11) is 0. The molecule has 1 aromatic carbocycles. The van der Waals surface area contributed by atoms with Gasteiger partial charge in [-0.2, -0.15) is 0 Å². The molecule has 1 amide bonds. The number of aliphatic hydroxyl groups is 1. The number of carbonyl (C=O) groups is 1. The molecule has 0 aliphatic carbocycles. The minimum Gasteiger partial charge on any atom is -0.394 e. The molecule has 8 heteroatoms. The van der Waals surface area contributed by atoms with Crippen molar-refractivity contribution in [3.8, 4) is 0 Å². The summed E-state index contributed by atoms with van der Waals surface area (Å²) in [5, 5.41) is 22.0. The Balaban J connectivity index is 3.22. The minimum absolute atomic E-state index is 0.343. The molecule has 104 valence electrons. The first-order valence-electron chi connectivity index (χ1n) is 5.25. The Kier molecular flexibility index (Phi) is 4.15. The predicted molar refractivity (Wildman–Crippen MR) is 61.6 cm³/mol. The third kappa shape index (κ3) is 3.44. The maximum Gasteiger partial charge on any atom is 0.285 e. The topological polar surface area (TPSA) is 92.5 Å². The maximum absolute atomic E-state index is 13.1. The molecule has 0 spiro atoms. The van der Waals surface area contributed by atoms with E-state index in [4.69, 9.17) is 5.11 Å². The molecule has 1 rings (SSSR count). The molecule has 0 saturated carbocycles. The third-order valence-electron chi connectivity index (χ3n) is 2.33. The molecule has 0 unspecified atom stereocenters. The minimum atomic E-state index is -1.41. The standard InChI is InChI=1S/C11H12F2N2O4/c1-11(2,5-16)14-10(17)6-3-7(12)8(13)4-9(6)15(18)19/h3-4,16H,5H2,1-2H3,(H,14,17). The zero-order valence-electron chi connectivity index (χ0n) is 10.2. The van der Waals surface area contributed by atoms with Crippen LogP contribution < -0.4 is 5.32 Å². The van der Waals surface area contributed by atoms with Gasteiger partial charge in [0.05, 0.1) is 23.1 Å². The average molecular weight is 274 g/mol. The van der Waals surface area contributed by atoms with Gasteiger partial charge in [-0.15, -0.1) is 0 Å².